The molecule has 2 rings (SSSR count). The molecule has 0 atom stereocenters. The predicted octanol–water partition coefficient (Wildman–Crippen LogP) is 1.88. The van der Waals surface area contributed by atoms with Gasteiger partial charge in [0, 0.05) is 44.5 Å². The minimum absolute atomic E-state index is 0.0193. The number of aliphatic hydroxyl groups excluding tert-OH is 1. The number of hydrogen-bond acceptors (Lipinski definition) is 2. The van der Waals surface area contributed by atoms with Crippen molar-refractivity contribution in [3.8, 4) is 0 Å². The molecule has 0 radical (unpaired) electrons. The van der Waals surface area contributed by atoms with E-state index in [1.54, 1.807) is 0 Å². The van der Waals surface area contributed by atoms with E-state index in [-0.39, 0.29) is 24.9 Å². The van der Waals surface area contributed by atoms with Gasteiger partial charge in [-0.3, -0.25) is 0 Å². The molecule has 1 saturated carbocycles. The van der Waals surface area contributed by atoms with Crippen LogP contribution in [0.5, 0.6) is 0 Å². The maximum Gasteiger partial charge on any atom is 0.250 e. The molecule has 0 unspecified atom stereocenters. The lowest BCUT2D eigenvalue weighted by Crippen LogP contribution is -2.49. The minimum Gasteiger partial charge on any atom is -0.396 e. The Bertz CT molecular complexity index is 213. The van der Waals surface area contributed by atoms with Crippen molar-refractivity contribution in [3.63, 3.8) is 0 Å². The largest absolute Gasteiger partial charge is 0.396 e. The lowest BCUT2D eigenvalue weighted by Gasteiger charge is -2.45. The smallest absolute Gasteiger partial charge is 0.250 e. The van der Waals surface area contributed by atoms with Crippen molar-refractivity contribution in [3.05, 3.63) is 0 Å². The number of hydrogen-bond donors (Lipinski definition) is 1. The molecule has 0 aromatic heterocycles. The third kappa shape index (κ3) is 2.48. The van der Waals surface area contributed by atoms with Gasteiger partial charge < -0.3 is 10.0 Å². The summed E-state index contributed by atoms with van der Waals surface area (Å²) in [5.74, 6) is -2.46. The maximum atomic E-state index is 12.9. The van der Waals surface area contributed by atoms with Crippen molar-refractivity contribution in [2.45, 2.75) is 38.0 Å². The molecule has 15 heavy (non-hydrogen) atoms. The summed E-state index contributed by atoms with van der Waals surface area (Å²) in [6.45, 7) is 1.98. The standard InChI is InChI=1S/C11H19F2NO/c12-11(13)4-6-14(7-5-11)8-10(9-15)2-1-3-10/h15H,1-9H2. The first-order valence-corrected chi connectivity index (χ1v) is 5.76. The van der Waals surface area contributed by atoms with Gasteiger partial charge in [0.25, 0.3) is 5.92 Å². The Labute approximate surface area is 89.3 Å². The highest BCUT2D eigenvalue weighted by Crippen LogP contribution is 2.42. The maximum absolute atomic E-state index is 12.9. The number of aliphatic hydroxyl groups is 1. The van der Waals surface area contributed by atoms with Gasteiger partial charge >= 0.3 is 0 Å². The molecule has 0 spiro atoms. The number of rotatable bonds is 3. The highest BCUT2D eigenvalue weighted by atomic mass is 19.3. The number of halogens is 2. The van der Waals surface area contributed by atoms with Gasteiger partial charge in [-0.05, 0) is 12.8 Å². The molecule has 1 heterocycles. The first kappa shape index (κ1) is 11.3. The SMILES string of the molecule is OCC1(CN2CCC(F)(F)CC2)CCC1. The Morgan fingerprint density at radius 2 is 1.67 bits per heavy atom. The fourth-order valence-corrected chi connectivity index (χ4v) is 2.56. The van der Waals surface area contributed by atoms with Crippen molar-refractivity contribution < 1.29 is 13.9 Å². The van der Waals surface area contributed by atoms with Crippen LogP contribution in [0.2, 0.25) is 0 Å². The van der Waals surface area contributed by atoms with Crippen LogP contribution in [0.3, 0.4) is 0 Å². The summed E-state index contributed by atoms with van der Waals surface area (Å²) in [7, 11) is 0. The van der Waals surface area contributed by atoms with E-state index < -0.39 is 5.92 Å². The van der Waals surface area contributed by atoms with Gasteiger partial charge in [0.05, 0.1) is 0 Å². The van der Waals surface area contributed by atoms with E-state index in [2.05, 4.69) is 4.90 Å². The zero-order valence-corrected chi connectivity index (χ0v) is 9.01. The van der Waals surface area contributed by atoms with Crippen molar-refractivity contribution in [2.24, 2.45) is 5.41 Å². The fourth-order valence-electron chi connectivity index (χ4n) is 2.56. The molecule has 88 valence electrons. The molecule has 2 fully saturated rings. The quantitative estimate of drug-likeness (QED) is 0.783. The zero-order chi connectivity index (χ0) is 10.9. The van der Waals surface area contributed by atoms with Crippen LogP contribution in [0.1, 0.15) is 32.1 Å². The lowest BCUT2D eigenvalue weighted by molar-refractivity contribution is -0.0732. The van der Waals surface area contributed by atoms with Crippen LogP contribution in [0.25, 0.3) is 0 Å². The van der Waals surface area contributed by atoms with Crippen LogP contribution in [0.4, 0.5) is 8.78 Å². The number of likely N-dealkylation sites (tertiary alicyclic amines) is 1. The van der Waals surface area contributed by atoms with Crippen LogP contribution in [0.15, 0.2) is 0 Å². The van der Waals surface area contributed by atoms with Crippen molar-refractivity contribution in [1.29, 1.82) is 0 Å². The third-order valence-electron chi connectivity index (χ3n) is 3.90. The van der Waals surface area contributed by atoms with Gasteiger partial charge in [-0.15, -0.1) is 0 Å². The van der Waals surface area contributed by atoms with E-state index in [0.717, 1.165) is 19.4 Å². The minimum atomic E-state index is -2.46. The Morgan fingerprint density at radius 3 is 2.07 bits per heavy atom. The van der Waals surface area contributed by atoms with Crippen LogP contribution in [-0.4, -0.2) is 42.2 Å². The van der Waals surface area contributed by atoms with Crippen molar-refractivity contribution in [1.82, 2.24) is 4.90 Å². The normalized spacial score (nSPS) is 29.8. The van der Waals surface area contributed by atoms with Gasteiger partial charge in [0.1, 0.15) is 0 Å². The molecule has 0 bridgehead atoms. The van der Waals surface area contributed by atoms with E-state index in [0.29, 0.717) is 13.1 Å². The fraction of sp³-hybridized carbons (Fsp3) is 1.00. The van der Waals surface area contributed by atoms with Gasteiger partial charge in [-0.2, -0.15) is 0 Å². The second kappa shape index (κ2) is 3.98. The number of piperidine rings is 1. The molecule has 0 amide bonds. The summed E-state index contributed by atoms with van der Waals surface area (Å²) in [5, 5.41) is 9.30. The summed E-state index contributed by atoms with van der Waals surface area (Å²) in [5.41, 5.74) is 0.0344. The van der Waals surface area contributed by atoms with Crippen molar-refractivity contribution in [2.75, 3.05) is 26.2 Å². The van der Waals surface area contributed by atoms with E-state index in [9.17, 15) is 13.9 Å². The Kier molecular flexibility index (Phi) is 2.99. The Hall–Kier alpha value is -0.220. The highest BCUT2D eigenvalue weighted by Gasteiger charge is 2.41. The van der Waals surface area contributed by atoms with Gasteiger partial charge in [0.2, 0.25) is 0 Å². The van der Waals surface area contributed by atoms with E-state index in [4.69, 9.17) is 0 Å². The lowest BCUT2D eigenvalue weighted by atomic mass is 9.69. The monoisotopic (exact) mass is 219 g/mol. The highest BCUT2D eigenvalue weighted by molar-refractivity contribution is 4.91. The molecule has 0 aromatic carbocycles. The van der Waals surface area contributed by atoms with Crippen LogP contribution >= 0.6 is 0 Å². The van der Waals surface area contributed by atoms with Crippen LogP contribution in [-0.2, 0) is 0 Å². The van der Waals surface area contributed by atoms with E-state index in [1.807, 2.05) is 0 Å². The summed E-state index contributed by atoms with van der Waals surface area (Å²) >= 11 is 0. The summed E-state index contributed by atoms with van der Waals surface area (Å²) in [6, 6.07) is 0. The Morgan fingerprint density at radius 1 is 1.07 bits per heavy atom. The molecule has 1 N–H and O–H groups in total. The molecule has 0 aromatic rings. The molecule has 4 heteroatoms. The van der Waals surface area contributed by atoms with Crippen LogP contribution in [0, 0.1) is 5.41 Å². The molecule has 1 saturated heterocycles. The second-order valence-electron chi connectivity index (χ2n) is 5.14. The summed E-state index contributed by atoms with van der Waals surface area (Å²) in [4.78, 5) is 2.09. The number of nitrogens with zero attached hydrogens (tertiary/aromatic N) is 1. The zero-order valence-electron chi connectivity index (χ0n) is 9.01. The second-order valence-corrected chi connectivity index (χ2v) is 5.14. The van der Waals surface area contributed by atoms with E-state index in [1.165, 1.54) is 6.42 Å². The molecule has 2 aliphatic rings. The molecular weight excluding hydrogens is 200 g/mol. The van der Waals surface area contributed by atoms with Gasteiger partial charge in [-0.1, -0.05) is 6.42 Å². The average Bonchev–Trinajstić information content (AvgIpc) is 2.14. The average molecular weight is 219 g/mol. The Balaban J connectivity index is 1.81. The summed E-state index contributed by atoms with van der Waals surface area (Å²) in [6.07, 6.45) is 3.24. The summed E-state index contributed by atoms with van der Waals surface area (Å²) < 4.78 is 25.8. The van der Waals surface area contributed by atoms with Gasteiger partial charge in [0.15, 0.2) is 0 Å². The molecule has 1 aliphatic heterocycles. The number of alkyl halides is 2. The van der Waals surface area contributed by atoms with Crippen molar-refractivity contribution >= 4 is 0 Å². The van der Waals surface area contributed by atoms with E-state index >= 15 is 0 Å². The topological polar surface area (TPSA) is 23.5 Å². The third-order valence-corrected chi connectivity index (χ3v) is 3.90. The van der Waals surface area contributed by atoms with Gasteiger partial charge in [-0.25, -0.2) is 8.78 Å². The predicted molar refractivity (Wildman–Crippen MR) is 54.0 cm³/mol. The van der Waals surface area contributed by atoms with Crippen LogP contribution < -0.4 is 0 Å². The first-order chi connectivity index (χ1) is 7.05. The molecular formula is C11H19F2NO. The molecule has 1 aliphatic carbocycles. The first-order valence-electron chi connectivity index (χ1n) is 5.76. The molecule has 2 nitrogen and oxygen atoms in total.